The van der Waals surface area contributed by atoms with E-state index in [1.165, 1.54) is 0 Å². The Hall–Kier alpha value is -1.20. The Morgan fingerprint density at radius 1 is 0.656 bits per heavy atom. The van der Waals surface area contributed by atoms with Crippen molar-refractivity contribution in [3.63, 3.8) is 0 Å². The van der Waals surface area contributed by atoms with Crippen LogP contribution in [0.2, 0.25) is 0 Å². The van der Waals surface area contributed by atoms with Crippen LogP contribution in [-0.2, 0) is 0 Å². The number of hydrogen-bond acceptors (Lipinski definition) is 2. The molecule has 176 valence electrons. The van der Waals surface area contributed by atoms with Crippen LogP contribution in [0.5, 0.6) is 0 Å². The van der Waals surface area contributed by atoms with E-state index in [1.54, 1.807) is 9.39 Å². The van der Waals surface area contributed by atoms with Crippen LogP contribution in [0.3, 0.4) is 0 Å². The van der Waals surface area contributed by atoms with Gasteiger partial charge in [0, 0.05) is 36.5 Å². The monoisotopic (exact) mass is 438 g/mol. The molecular formula is C26H42N6. The number of rotatable bonds is 4. The van der Waals surface area contributed by atoms with E-state index in [2.05, 4.69) is 69.2 Å². The van der Waals surface area contributed by atoms with Gasteiger partial charge in [-0.2, -0.15) is 10.2 Å². The van der Waals surface area contributed by atoms with Crippen molar-refractivity contribution in [2.45, 2.75) is 129 Å². The molecule has 0 N–H and O–H groups in total. The van der Waals surface area contributed by atoms with E-state index in [4.69, 9.17) is 10.2 Å². The van der Waals surface area contributed by atoms with Crippen LogP contribution in [-0.4, -0.2) is 43.6 Å². The van der Waals surface area contributed by atoms with E-state index in [-0.39, 0.29) is 55.9 Å². The minimum atomic E-state index is -0.389. The second-order valence-corrected chi connectivity index (χ2v) is 14.9. The Bertz CT molecular complexity index is 937. The van der Waals surface area contributed by atoms with Crippen LogP contribution < -0.4 is 0 Å². The van der Waals surface area contributed by atoms with Crippen molar-refractivity contribution in [2.75, 3.05) is 0 Å². The van der Waals surface area contributed by atoms with E-state index in [0.717, 1.165) is 25.7 Å². The van der Waals surface area contributed by atoms with Gasteiger partial charge in [-0.1, -0.05) is 27.7 Å². The molecule has 0 amide bonds. The molecule has 32 heavy (non-hydrogen) atoms. The quantitative estimate of drug-likeness (QED) is 0.369. The lowest BCUT2D eigenvalue weighted by Crippen LogP contribution is -2.93. The van der Waals surface area contributed by atoms with Gasteiger partial charge in [0.25, 0.3) is 0 Å². The van der Waals surface area contributed by atoms with Crippen LogP contribution in [0.1, 0.15) is 94.9 Å². The van der Waals surface area contributed by atoms with Gasteiger partial charge in [-0.3, -0.25) is 0 Å². The van der Waals surface area contributed by atoms with Gasteiger partial charge in [-0.15, -0.1) is 0 Å². The third-order valence-electron chi connectivity index (χ3n) is 13.8. The lowest BCUT2D eigenvalue weighted by Gasteiger charge is -2.81. The first-order chi connectivity index (χ1) is 14.4. The summed E-state index contributed by atoms with van der Waals surface area (Å²) in [5, 5.41) is 10.3. The first kappa shape index (κ1) is 21.3. The van der Waals surface area contributed by atoms with Gasteiger partial charge < -0.3 is 20.5 Å². The molecular weight excluding hydrogens is 396 g/mol. The fraction of sp³-hybridized carbons (Fsp3) is 1.00. The van der Waals surface area contributed by atoms with Crippen LogP contribution in [0.4, 0.5) is 0 Å². The Morgan fingerprint density at radius 3 is 1.19 bits per heavy atom. The molecule has 0 radical (unpaired) electrons. The van der Waals surface area contributed by atoms with Gasteiger partial charge in [0.1, 0.15) is 10.8 Å². The highest BCUT2D eigenvalue weighted by atomic mass is 15.4. The molecule has 6 bridgehead atoms. The van der Waals surface area contributed by atoms with E-state index in [0.29, 0.717) is 11.8 Å². The minimum absolute atomic E-state index is 0.0891. The predicted octanol–water partition coefficient (Wildman–Crippen LogP) is 6.22. The first-order valence-electron chi connectivity index (χ1n) is 12.8. The highest BCUT2D eigenvalue weighted by Gasteiger charge is 2.92. The molecule has 2 spiro atoms. The van der Waals surface area contributed by atoms with Gasteiger partial charge in [0.15, 0.2) is 23.2 Å². The third kappa shape index (κ3) is 1.50. The highest BCUT2D eigenvalue weighted by Crippen LogP contribution is 2.81. The molecule has 12 fully saturated rings. The summed E-state index contributed by atoms with van der Waals surface area (Å²) in [7, 11) is 0. The van der Waals surface area contributed by atoms with Crippen molar-refractivity contribution in [1.29, 1.82) is 0 Å². The molecule has 0 aromatic rings. The van der Waals surface area contributed by atoms with Crippen LogP contribution >= 0.6 is 0 Å². The van der Waals surface area contributed by atoms with Crippen molar-refractivity contribution in [2.24, 2.45) is 43.7 Å². The normalized spacial score (nSPS) is 53.8. The highest BCUT2D eigenvalue weighted by molar-refractivity contribution is 5.34. The third-order valence-corrected chi connectivity index (χ3v) is 13.8. The number of hydrogen-bond donors (Lipinski definition) is 0. The van der Waals surface area contributed by atoms with Gasteiger partial charge >= 0.3 is 0 Å². The summed E-state index contributed by atoms with van der Waals surface area (Å²) in [5.41, 5.74) is 20.8. The van der Waals surface area contributed by atoms with Gasteiger partial charge in [-0.25, -0.2) is 0 Å². The second kappa shape index (κ2) is 4.93. The average Bonchev–Trinajstić information content (AvgIpc) is 2.72. The molecule has 6 aliphatic heterocycles. The number of nitrogens with zero attached hydrogens (tertiary/aromatic N) is 6. The van der Waals surface area contributed by atoms with Crippen molar-refractivity contribution < 1.29 is 9.39 Å². The van der Waals surface area contributed by atoms with Gasteiger partial charge in [-0.05, 0) is 53.4 Å². The summed E-state index contributed by atoms with van der Waals surface area (Å²) >= 11 is 0. The SMILES string of the molecule is CC(C)(N=NC(C)(C)C1(C)C2CC3CC1([N+]2=[N-])C3(C)C)C1(C)C2CC3CC1([N+]2=[N-])C3(C)C. The number of piperidine rings is 4. The van der Waals surface area contributed by atoms with E-state index in [1.807, 2.05) is 0 Å². The zero-order chi connectivity index (χ0) is 23.7. The first-order valence-corrected chi connectivity index (χ1v) is 12.8. The van der Waals surface area contributed by atoms with Crippen LogP contribution in [0.25, 0.3) is 11.1 Å². The van der Waals surface area contributed by atoms with E-state index in [9.17, 15) is 11.1 Å². The van der Waals surface area contributed by atoms with Crippen LogP contribution in [0.15, 0.2) is 10.2 Å². The molecule has 6 heteroatoms. The molecule has 6 saturated carbocycles. The Morgan fingerprint density at radius 2 is 0.969 bits per heavy atom. The van der Waals surface area contributed by atoms with E-state index >= 15 is 0 Å². The summed E-state index contributed by atoms with van der Waals surface area (Å²) in [5.74, 6) is 1.40. The van der Waals surface area contributed by atoms with Crippen molar-refractivity contribution in [3.05, 3.63) is 11.1 Å². The molecule has 12 rings (SSSR count). The molecule has 6 aliphatic carbocycles. The molecule has 6 saturated heterocycles. The van der Waals surface area contributed by atoms with Gasteiger partial charge in [0.05, 0.1) is 11.1 Å². The largest absolute Gasteiger partial charge is 0.506 e. The summed E-state index contributed by atoms with van der Waals surface area (Å²) in [6, 6.07) is 0.311. The maximum atomic E-state index is 11.0. The van der Waals surface area contributed by atoms with E-state index < -0.39 is 0 Å². The molecule has 0 aromatic heterocycles. The molecule has 8 unspecified atom stereocenters. The fourth-order valence-electron chi connectivity index (χ4n) is 10.9. The maximum absolute atomic E-state index is 11.0. The Balaban J connectivity index is 1.36. The maximum Gasteiger partial charge on any atom is 0.171 e. The lowest BCUT2D eigenvalue weighted by atomic mass is 9.27. The average molecular weight is 439 g/mol. The molecule has 6 nitrogen and oxygen atoms in total. The molecule has 12 aliphatic rings. The number of azo groups is 1. The Kier molecular flexibility index (Phi) is 3.29. The van der Waals surface area contributed by atoms with Crippen molar-refractivity contribution in [3.8, 4) is 0 Å². The van der Waals surface area contributed by atoms with Crippen molar-refractivity contribution >= 4 is 0 Å². The topological polar surface area (TPSA) is 75.3 Å². The smallest absolute Gasteiger partial charge is 0.171 e. The van der Waals surface area contributed by atoms with Crippen molar-refractivity contribution in [1.82, 2.24) is 0 Å². The summed E-state index contributed by atoms with van der Waals surface area (Å²) in [6.07, 6.45) is 4.21. The lowest BCUT2D eigenvalue weighted by molar-refractivity contribution is -0.828. The summed E-state index contributed by atoms with van der Waals surface area (Å²) in [6.45, 7) is 22.9. The molecule has 0 aromatic carbocycles. The zero-order valence-electron chi connectivity index (χ0n) is 21.8. The predicted molar refractivity (Wildman–Crippen MR) is 123 cm³/mol. The van der Waals surface area contributed by atoms with Crippen LogP contribution in [0, 0.1) is 33.5 Å². The standard InChI is InChI=1S/C26H42N6/c1-19(2)15-11-17-23(9,25(19,13-15)31(17)27)21(5,6)29-30-22(7,8)24(10)18-12-16-14-26(24,32(18)28)20(16,3)4/h15-18H,11-14H2,1-10H3. The summed E-state index contributed by atoms with van der Waals surface area (Å²) < 4.78 is 3.37. The van der Waals surface area contributed by atoms with Gasteiger partial charge in [0.2, 0.25) is 0 Å². The second-order valence-electron chi connectivity index (χ2n) is 14.9. The minimum Gasteiger partial charge on any atom is -0.506 e. The fourth-order valence-corrected chi connectivity index (χ4v) is 10.9. The zero-order valence-corrected chi connectivity index (χ0v) is 21.8. The molecule has 6 heterocycles. The summed E-state index contributed by atoms with van der Waals surface area (Å²) in [4.78, 5) is 0. The molecule has 8 atom stereocenters. The Labute approximate surface area is 193 Å².